The highest BCUT2D eigenvalue weighted by molar-refractivity contribution is 5.98. The first-order chi connectivity index (χ1) is 13.7. The van der Waals surface area contributed by atoms with Gasteiger partial charge in [0.1, 0.15) is 11.9 Å². The lowest BCUT2D eigenvalue weighted by molar-refractivity contribution is 0.0728. The summed E-state index contributed by atoms with van der Waals surface area (Å²) in [4.78, 5) is 19.2. The monoisotopic (exact) mass is 370 g/mol. The molecular weight excluding hydrogens is 352 g/mol. The molecule has 6 heteroatoms. The zero-order valence-corrected chi connectivity index (χ0v) is 15.3. The number of nitrogens with one attached hydrogen (secondary N) is 1. The van der Waals surface area contributed by atoms with Gasteiger partial charge in [-0.05, 0) is 48.0 Å². The Hall–Kier alpha value is -3.85. The Bertz CT molecular complexity index is 1060. The molecule has 1 aromatic heterocycles. The Morgan fingerprint density at radius 3 is 2.75 bits per heavy atom. The normalized spacial score (nSPS) is 15.1. The number of rotatable bonds is 5. The van der Waals surface area contributed by atoms with E-state index in [0.717, 1.165) is 17.0 Å². The molecule has 1 aliphatic heterocycles. The lowest BCUT2D eigenvalue weighted by Gasteiger charge is -2.26. The van der Waals surface area contributed by atoms with Crippen LogP contribution in [0.1, 0.15) is 33.3 Å². The van der Waals surface area contributed by atoms with E-state index in [1.165, 1.54) is 0 Å². The Morgan fingerprint density at radius 1 is 1.18 bits per heavy atom. The molecule has 0 unspecified atom stereocenters. The zero-order chi connectivity index (χ0) is 19.5. The number of aromatic nitrogens is 1. The van der Waals surface area contributed by atoms with Gasteiger partial charge in [-0.25, -0.2) is 0 Å². The Labute approximate surface area is 163 Å². The van der Waals surface area contributed by atoms with Gasteiger partial charge in [0.15, 0.2) is 0 Å². The van der Waals surface area contributed by atoms with E-state index in [9.17, 15) is 4.79 Å². The van der Waals surface area contributed by atoms with Crippen LogP contribution >= 0.6 is 0 Å². The van der Waals surface area contributed by atoms with Crippen LogP contribution in [0, 0.1) is 11.3 Å². The topological polar surface area (TPSA) is 78.2 Å². The minimum atomic E-state index is -0.417. The molecule has 28 heavy (non-hydrogen) atoms. The van der Waals surface area contributed by atoms with Crippen molar-refractivity contribution in [1.82, 2.24) is 9.88 Å². The molecule has 2 heterocycles. The van der Waals surface area contributed by atoms with Gasteiger partial charge in [-0.1, -0.05) is 18.2 Å². The van der Waals surface area contributed by atoms with Crippen LogP contribution in [0.2, 0.25) is 0 Å². The Balaban J connectivity index is 1.66. The fraction of sp³-hybridized carbons (Fsp3) is 0.136. The quantitative estimate of drug-likeness (QED) is 0.740. The minimum Gasteiger partial charge on any atom is -0.497 e. The summed E-state index contributed by atoms with van der Waals surface area (Å²) in [6.45, 7) is 0.425. The van der Waals surface area contributed by atoms with E-state index in [1.807, 2.05) is 36.4 Å². The molecule has 0 saturated carbocycles. The molecule has 6 nitrogen and oxygen atoms in total. The Morgan fingerprint density at radius 2 is 2.00 bits per heavy atom. The van der Waals surface area contributed by atoms with Crippen LogP contribution in [0.3, 0.4) is 0 Å². The number of hydrogen-bond donors (Lipinski definition) is 1. The second-order valence-electron chi connectivity index (χ2n) is 6.46. The van der Waals surface area contributed by atoms with Gasteiger partial charge in [-0.2, -0.15) is 5.26 Å². The maximum absolute atomic E-state index is 13.0. The van der Waals surface area contributed by atoms with Crippen molar-refractivity contribution in [3.05, 3.63) is 89.2 Å². The van der Waals surface area contributed by atoms with Crippen molar-refractivity contribution in [3.8, 4) is 11.8 Å². The van der Waals surface area contributed by atoms with Crippen LogP contribution in [0.25, 0.3) is 0 Å². The number of ether oxygens (including phenoxy) is 1. The largest absolute Gasteiger partial charge is 0.497 e. The summed E-state index contributed by atoms with van der Waals surface area (Å²) in [5.41, 5.74) is 3.57. The highest BCUT2D eigenvalue weighted by Crippen LogP contribution is 2.34. The predicted octanol–water partition coefficient (Wildman–Crippen LogP) is 3.73. The fourth-order valence-corrected chi connectivity index (χ4v) is 3.31. The molecule has 1 aliphatic rings. The first-order valence-electron chi connectivity index (χ1n) is 8.85. The molecule has 0 fully saturated rings. The number of methoxy groups -OCH3 is 1. The van der Waals surface area contributed by atoms with Gasteiger partial charge in [-0.3, -0.25) is 9.78 Å². The average Bonchev–Trinajstić information content (AvgIpc) is 3.00. The maximum Gasteiger partial charge on any atom is 0.258 e. The highest BCUT2D eigenvalue weighted by atomic mass is 16.5. The number of fused-ring (bicyclic) bond motifs is 1. The number of anilines is 1. The molecule has 0 aliphatic carbocycles. The van der Waals surface area contributed by atoms with Crippen LogP contribution in [0.15, 0.2) is 66.9 Å². The molecule has 0 radical (unpaired) electrons. The van der Waals surface area contributed by atoms with Crippen LogP contribution in [0.4, 0.5) is 5.69 Å². The number of carbonyl (C=O) groups excluding carboxylic acids is 1. The van der Waals surface area contributed by atoms with Crippen molar-refractivity contribution in [2.24, 2.45) is 0 Å². The molecule has 3 aromatic rings. The molecule has 1 amide bonds. The summed E-state index contributed by atoms with van der Waals surface area (Å²) in [6, 6.07) is 20.5. The molecule has 138 valence electrons. The molecule has 1 atom stereocenters. The maximum atomic E-state index is 13.0. The van der Waals surface area contributed by atoms with E-state index < -0.39 is 6.17 Å². The third-order valence-electron chi connectivity index (χ3n) is 4.71. The molecule has 0 spiro atoms. The number of carbonyl (C=O) groups is 1. The van der Waals surface area contributed by atoms with E-state index in [0.29, 0.717) is 23.4 Å². The summed E-state index contributed by atoms with van der Waals surface area (Å²) >= 11 is 0. The lowest BCUT2D eigenvalue weighted by atomic mass is 10.2. The fourth-order valence-electron chi connectivity index (χ4n) is 3.31. The van der Waals surface area contributed by atoms with Gasteiger partial charge in [0, 0.05) is 18.4 Å². The standard InChI is InChI=1S/C22H18N4O2/c1-28-18-9-7-15(8-10-18)14-26-21(20-19(22(26)27)6-3-11-24-20)25-17-5-2-4-16(12-17)13-23/h2-12,21,25H,14H2,1H3/t21-/m1/s1. The van der Waals surface area contributed by atoms with E-state index in [1.54, 1.807) is 42.5 Å². The van der Waals surface area contributed by atoms with Gasteiger partial charge < -0.3 is 15.0 Å². The van der Waals surface area contributed by atoms with Gasteiger partial charge in [0.2, 0.25) is 0 Å². The number of hydrogen-bond acceptors (Lipinski definition) is 5. The summed E-state index contributed by atoms with van der Waals surface area (Å²) in [5, 5.41) is 12.5. The van der Waals surface area contributed by atoms with Crippen molar-refractivity contribution in [3.63, 3.8) is 0 Å². The van der Waals surface area contributed by atoms with Gasteiger partial charge in [0.25, 0.3) is 5.91 Å². The molecule has 2 aromatic carbocycles. The number of nitrogens with zero attached hydrogens (tertiary/aromatic N) is 3. The van der Waals surface area contributed by atoms with Gasteiger partial charge >= 0.3 is 0 Å². The van der Waals surface area contributed by atoms with Crippen LogP contribution in [0.5, 0.6) is 5.75 Å². The van der Waals surface area contributed by atoms with Crippen molar-refractivity contribution in [1.29, 1.82) is 5.26 Å². The second kappa shape index (κ2) is 7.41. The number of nitriles is 1. The summed E-state index contributed by atoms with van der Waals surface area (Å²) in [7, 11) is 1.62. The van der Waals surface area contributed by atoms with E-state index in [2.05, 4.69) is 16.4 Å². The summed E-state index contributed by atoms with van der Waals surface area (Å²) < 4.78 is 5.20. The van der Waals surface area contributed by atoms with Gasteiger partial charge in [0.05, 0.1) is 30.0 Å². The van der Waals surface area contributed by atoms with E-state index >= 15 is 0 Å². The smallest absolute Gasteiger partial charge is 0.258 e. The molecule has 0 bridgehead atoms. The van der Waals surface area contributed by atoms with Crippen molar-refractivity contribution in [2.75, 3.05) is 12.4 Å². The average molecular weight is 370 g/mol. The van der Waals surface area contributed by atoms with E-state index in [-0.39, 0.29) is 5.91 Å². The number of benzene rings is 2. The first kappa shape index (κ1) is 17.6. The van der Waals surface area contributed by atoms with Gasteiger partial charge in [-0.15, -0.1) is 0 Å². The third-order valence-corrected chi connectivity index (χ3v) is 4.71. The minimum absolute atomic E-state index is 0.0761. The molecule has 0 saturated heterocycles. The summed E-state index contributed by atoms with van der Waals surface area (Å²) in [6.07, 6.45) is 1.27. The zero-order valence-electron chi connectivity index (χ0n) is 15.3. The summed E-state index contributed by atoms with van der Waals surface area (Å²) in [5.74, 6) is 0.692. The van der Waals surface area contributed by atoms with Crippen LogP contribution < -0.4 is 10.1 Å². The van der Waals surface area contributed by atoms with Crippen molar-refractivity contribution < 1.29 is 9.53 Å². The second-order valence-corrected chi connectivity index (χ2v) is 6.46. The SMILES string of the molecule is COc1ccc(CN2C(=O)c3cccnc3[C@@H]2Nc2cccc(C#N)c2)cc1. The highest BCUT2D eigenvalue weighted by Gasteiger charge is 2.37. The van der Waals surface area contributed by atoms with Crippen molar-refractivity contribution in [2.45, 2.75) is 12.7 Å². The third kappa shape index (κ3) is 3.26. The molecular formula is C22H18N4O2. The Kier molecular flexibility index (Phi) is 4.65. The van der Waals surface area contributed by atoms with Crippen LogP contribution in [-0.4, -0.2) is 22.9 Å². The predicted molar refractivity (Wildman–Crippen MR) is 105 cm³/mol. The van der Waals surface area contributed by atoms with Crippen LogP contribution in [-0.2, 0) is 6.54 Å². The number of amides is 1. The van der Waals surface area contributed by atoms with E-state index in [4.69, 9.17) is 10.00 Å². The van der Waals surface area contributed by atoms with Crippen molar-refractivity contribution >= 4 is 11.6 Å². The molecule has 1 N–H and O–H groups in total. The lowest BCUT2D eigenvalue weighted by Crippen LogP contribution is -2.32. The number of pyridine rings is 1. The first-order valence-corrected chi connectivity index (χ1v) is 8.85. The molecule has 4 rings (SSSR count).